The summed E-state index contributed by atoms with van der Waals surface area (Å²) >= 11 is 5.27. The monoisotopic (exact) mass is 290 g/mol. The zero-order chi connectivity index (χ0) is 13.4. The minimum atomic E-state index is -2.74. The number of rotatable bonds is 8. The van der Waals surface area contributed by atoms with Gasteiger partial charge >= 0.3 is 6.72 Å². The number of hydrogen-bond donors (Lipinski definition) is 0. The third-order valence-electron chi connectivity index (χ3n) is 1.93. The van der Waals surface area contributed by atoms with Crippen molar-refractivity contribution < 1.29 is 13.6 Å². The Morgan fingerprint density at radius 2 is 1.89 bits per heavy atom. The molecule has 0 fully saturated rings. The summed E-state index contributed by atoms with van der Waals surface area (Å²) in [6, 6.07) is 1.66. The Morgan fingerprint density at radius 1 is 1.22 bits per heavy atom. The summed E-state index contributed by atoms with van der Waals surface area (Å²) in [4.78, 5) is 8.44. The largest absolute Gasteiger partial charge is 0.406 e. The molecule has 0 bridgehead atoms. The smallest absolute Gasteiger partial charge is 0.381 e. The standard InChI is InChI=1S/C11H19N2O3PS/c1-4-7-10-12-9-8-11(13-10)16-17(18,14-5-2)15-6-3/h8-9H,4-7H2,1-3H3. The molecular formula is C11H19N2O3PS. The molecule has 7 heteroatoms. The van der Waals surface area contributed by atoms with Gasteiger partial charge in [0.25, 0.3) is 0 Å². The molecule has 1 rings (SSSR count). The van der Waals surface area contributed by atoms with Gasteiger partial charge in [0, 0.05) is 30.5 Å². The lowest BCUT2D eigenvalue weighted by Crippen LogP contribution is -2.04. The van der Waals surface area contributed by atoms with Crippen molar-refractivity contribution in [3.05, 3.63) is 18.1 Å². The van der Waals surface area contributed by atoms with Crippen LogP contribution in [0.2, 0.25) is 0 Å². The summed E-state index contributed by atoms with van der Waals surface area (Å²) in [5.41, 5.74) is 0. The first-order chi connectivity index (χ1) is 8.63. The van der Waals surface area contributed by atoms with E-state index < -0.39 is 6.72 Å². The molecule has 0 aromatic carbocycles. The third-order valence-corrected chi connectivity index (χ3v) is 4.35. The molecular weight excluding hydrogens is 271 g/mol. The van der Waals surface area contributed by atoms with Gasteiger partial charge in [0.05, 0.1) is 13.2 Å². The number of aromatic nitrogens is 2. The van der Waals surface area contributed by atoms with Gasteiger partial charge in [0.1, 0.15) is 5.82 Å². The Balaban J connectivity index is 2.80. The summed E-state index contributed by atoms with van der Waals surface area (Å²) in [5, 5.41) is 0. The summed E-state index contributed by atoms with van der Waals surface area (Å²) in [6.45, 7) is 3.94. The van der Waals surface area contributed by atoms with E-state index in [9.17, 15) is 0 Å². The Morgan fingerprint density at radius 3 is 2.44 bits per heavy atom. The molecule has 0 atom stereocenters. The van der Waals surface area contributed by atoms with Gasteiger partial charge in [-0.2, -0.15) is 4.98 Å². The lowest BCUT2D eigenvalue weighted by molar-refractivity contribution is 0.216. The van der Waals surface area contributed by atoms with Crippen molar-refractivity contribution >= 4 is 18.5 Å². The minimum absolute atomic E-state index is 0.415. The van der Waals surface area contributed by atoms with Gasteiger partial charge in [-0.05, 0) is 20.3 Å². The third kappa shape index (κ3) is 4.98. The highest BCUT2D eigenvalue weighted by Crippen LogP contribution is 2.49. The molecule has 0 spiro atoms. The van der Waals surface area contributed by atoms with E-state index in [-0.39, 0.29) is 0 Å². The molecule has 0 N–H and O–H groups in total. The maximum Gasteiger partial charge on any atom is 0.381 e. The second-order valence-electron chi connectivity index (χ2n) is 3.44. The van der Waals surface area contributed by atoms with Crippen LogP contribution in [-0.4, -0.2) is 23.2 Å². The fourth-order valence-electron chi connectivity index (χ4n) is 1.30. The Labute approximate surface area is 113 Å². The number of aryl methyl sites for hydroxylation is 1. The van der Waals surface area contributed by atoms with Gasteiger partial charge in [-0.25, -0.2) is 4.98 Å². The summed E-state index contributed by atoms with van der Waals surface area (Å²) in [7, 11) is 0. The fraction of sp³-hybridized carbons (Fsp3) is 0.636. The van der Waals surface area contributed by atoms with Crippen molar-refractivity contribution in [3.63, 3.8) is 0 Å². The maximum absolute atomic E-state index is 5.60. The van der Waals surface area contributed by atoms with Crippen molar-refractivity contribution in [2.75, 3.05) is 13.2 Å². The number of nitrogens with zero attached hydrogens (tertiary/aromatic N) is 2. The molecule has 0 saturated carbocycles. The van der Waals surface area contributed by atoms with Gasteiger partial charge in [-0.1, -0.05) is 6.92 Å². The molecule has 1 heterocycles. The van der Waals surface area contributed by atoms with Crippen LogP contribution in [-0.2, 0) is 27.3 Å². The van der Waals surface area contributed by atoms with Crippen LogP contribution in [0, 0.1) is 0 Å². The first kappa shape index (κ1) is 15.5. The molecule has 18 heavy (non-hydrogen) atoms. The lowest BCUT2D eigenvalue weighted by atomic mass is 10.3. The lowest BCUT2D eigenvalue weighted by Gasteiger charge is -2.20. The Kier molecular flexibility index (Phi) is 6.71. The maximum atomic E-state index is 5.60. The predicted molar refractivity (Wildman–Crippen MR) is 74.2 cm³/mol. The second-order valence-corrected chi connectivity index (χ2v) is 6.37. The molecule has 1 aromatic rings. The minimum Gasteiger partial charge on any atom is -0.406 e. The van der Waals surface area contributed by atoms with Crippen LogP contribution in [0.15, 0.2) is 12.3 Å². The first-order valence-electron chi connectivity index (χ1n) is 6.04. The normalized spacial score (nSPS) is 11.5. The quantitative estimate of drug-likeness (QED) is 0.686. The van der Waals surface area contributed by atoms with E-state index >= 15 is 0 Å². The molecule has 1 aromatic heterocycles. The Bertz CT molecular complexity index is 407. The molecule has 5 nitrogen and oxygen atoms in total. The van der Waals surface area contributed by atoms with Crippen LogP contribution >= 0.6 is 6.72 Å². The first-order valence-corrected chi connectivity index (χ1v) is 8.59. The van der Waals surface area contributed by atoms with E-state index in [1.807, 2.05) is 13.8 Å². The average Bonchev–Trinajstić information content (AvgIpc) is 2.30. The zero-order valence-corrected chi connectivity index (χ0v) is 12.7. The van der Waals surface area contributed by atoms with Crippen molar-refractivity contribution in [1.82, 2.24) is 9.97 Å². The summed E-state index contributed by atoms with van der Waals surface area (Å²) in [5.74, 6) is 1.16. The molecule has 0 saturated heterocycles. The molecule has 0 amide bonds. The van der Waals surface area contributed by atoms with Crippen LogP contribution < -0.4 is 4.52 Å². The van der Waals surface area contributed by atoms with Gasteiger partial charge in [-0.3, -0.25) is 9.05 Å². The molecule has 102 valence electrons. The molecule has 0 aliphatic carbocycles. The highest BCUT2D eigenvalue weighted by Gasteiger charge is 2.21. The van der Waals surface area contributed by atoms with Crippen molar-refractivity contribution in [3.8, 4) is 5.88 Å². The van der Waals surface area contributed by atoms with Gasteiger partial charge in [0.2, 0.25) is 5.88 Å². The zero-order valence-electron chi connectivity index (χ0n) is 11.0. The van der Waals surface area contributed by atoms with Crippen molar-refractivity contribution in [2.45, 2.75) is 33.6 Å². The topological polar surface area (TPSA) is 53.5 Å². The van der Waals surface area contributed by atoms with Crippen LogP contribution in [0.3, 0.4) is 0 Å². The van der Waals surface area contributed by atoms with Gasteiger partial charge < -0.3 is 4.52 Å². The highest BCUT2D eigenvalue weighted by atomic mass is 32.5. The number of hydrogen-bond acceptors (Lipinski definition) is 6. The van der Waals surface area contributed by atoms with Crippen molar-refractivity contribution in [2.24, 2.45) is 0 Å². The van der Waals surface area contributed by atoms with E-state index in [0.717, 1.165) is 18.7 Å². The van der Waals surface area contributed by atoms with E-state index in [1.54, 1.807) is 12.3 Å². The summed E-state index contributed by atoms with van der Waals surface area (Å²) in [6.07, 6.45) is 3.45. The van der Waals surface area contributed by atoms with Crippen LogP contribution in [0.4, 0.5) is 0 Å². The molecule has 0 radical (unpaired) electrons. The van der Waals surface area contributed by atoms with E-state index in [1.165, 1.54) is 0 Å². The highest BCUT2D eigenvalue weighted by molar-refractivity contribution is 8.07. The molecule has 0 unspecified atom stereocenters. The predicted octanol–water partition coefficient (Wildman–Crippen LogP) is 3.11. The Hall–Kier alpha value is -0.550. The van der Waals surface area contributed by atoms with Crippen LogP contribution in [0.1, 0.15) is 33.0 Å². The van der Waals surface area contributed by atoms with Gasteiger partial charge in [-0.15, -0.1) is 0 Å². The SMILES string of the molecule is CCCc1nccc(OP(=S)(OCC)OCC)n1. The van der Waals surface area contributed by atoms with Crippen LogP contribution in [0.25, 0.3) is 0 Å². The van der Waals surface area contributed by atoms with Crippen molar-refractivity contribution in [1.29, 1.82) is 0 Å². The average molecular weight is 290 g/mol. The van der Waals surface area contributed by atoms with E-state index in [0.29, 0.717) is 19.1 Å². The fourth-order valence-corrected chi connectivity index (χ4v) is 3.30. The molecule has 0 aliphatic heterocycles. The summed E-state index contributed by atoms with van der Waals surface area (Å²) < 4.78 is 16.4. The second kappa shape index (κ2) is 7.79. The van der Waals surface area contributed by atoms with E-state index in [4.69, 9.17) is 25.4 Å². The van der Waals surface area contributed by atoms with Gasteiger partial charge in [0.15, 0.2) is 0 Å². The van der Waals surface area contributed by atoms with Crippen LogP contribution in [0.5, 0.6) is 5.88 Å². The molecule has 0 aliphatic rings. The van der Waals surface area contributed by atoms with E-state index in [2.05, 4.69) is 16.9 Å².